The molecule has 0 bridgehead atoms. The summed E-state index contributed by atoms with van der Waals surface area (Å²) < 4.78 is 33.6. The largest absolute Gasteiger partial charge is 0.490 e. The third-order valence-electron chi connectivity index (χ3n) is 4.46. The molecule has 7 heteroatoms. The normalized spacial score (nSPS) is 15.4. The predicted molar refractivity (Wildman–Crippen MR) is 105 cm³/mol. The number of halogens is 2. The van der Waals surface area contributed by atoms with E-state index < -0.39 is 11.7 Å². The van der Waals surface area contributed by atoms with Gasteiger partial charge in [0.05, 0.1) is 5.69 Å². The van der Waals surface area contributed by atoms with Crippen molar-refractivity contribution in [2.75, 3.05) is 23.3 Å². The fourth-order valence-electron chi connectivity index (χ4n) is 3.17. The van der Waals surface area contributed by atoms with Crippen molar-refractivity contribution in [2.45, 2.75) is 25.9 Å². The van der Waals surface area contributed by atoms with E-state index in [0.29, 0.717) is 48.8 Å². The van der Waals surface area contributed by atoms with Gasteiger partial charge in [-0.2, -0.15) is 0 Å². The number of hydrogen-bond acceptors (Lipinski definition) is 4. The molecule has 0 aliphatic carbocycles. The van der Waals surface area contributed by atoms with Gasteiger partial charge in [0.1, 0.15) is 23.5 Å². The maximum absolute atomic E-state index is 14.5. The molecule has 2 aromatic carbocycles. The maximum atomic E-state index is 14.5. The van der Waals surface area contributed by atoms with Gasteiger partial charge in [0.2, 0.25) is 5.91 Å². The summed E-state index contributed by atoms with van der Waals surface area (Å²) in [5.74, 6) is -0.633. The smallest absolute Gasteiger partial charge is 0.250 e. The average molecular weight is 387 g/mol. The van der Waals surface area contributed by atoms with Crippen LogP contribution in [-0.2, 0) is 4.79 Å². The van der Waals surface area contributed by atoms with Crippen LogP contribution in [-0.4, -0.2) is 25.1 Å². The Balaban J connectivity index is 1.58. The lowest BCUT2D eigenvalue weighted by Crippen LogP contribution is -2.38. The van der Waals surface area contributed by atoms with Gasteiger partial charge in [0, 0.05) is 49.5 Å². The zero-order chi connectivity index (χ0) is 20.1. The summed E-state index contributed by atoms with van der Waals surface area (Å²) in [5, 5.41) is 2.58. The van der Waals surface area contributed by atoms with Gasteiger partial charge in [-0.15, -0.1) is 0 Å². The number of ether oxygens (including phenoxy) is 1. The molecule has 2 aromatic rings. The summed E-state index contributed by atoms with van der Waals surface area (Å²) in [4.78, 5) is 13.6. The zero-order valence-corrected chi connectivity index (χ0v) is 15.6. The molecule has 0 radical (unpaired) electrons. The Morgan fingerprint density at radius 3 is 2.61 bits per heavy atom. The van der Waals surface area contributed by atoms with Crippen LogP contribution in [0.3, 0.4) is 0 Å². The number of rotatable bonds is 5. The van der Waals surface area contributed by atoms with Crippen molar-refractivity contribution in [1.29, 1.82) is 0 Å². The van der Waals surface area contributed by atoms with Crippen molar-refractivity contribution in [3.63, 3.8) is 0 Å². The summed E-state index contributed by atoms with van der Waals surface area (Å²) in [7, 11) is 0. The monoisotopic (exact) mass is 387 g/mol. The minimum atomic E-state index is -0.407. The summed E-state index contributed by atoms with van der Waals surface area (Å²) in [6.07, 6.45) is 2.62. The molecule has 5 nitrogen and oxygen atoms in total. The molecule has 0 unspecified atom stereocenters. The summed E-state index contributed by atoms with van der Waals surface area (Å²) in [6, 6.07) is 10.7. The van der Waals surface area contributed by atoms with Gasteiger partial charge in [-0.05, 0) is 37.3 Å². The summed E-state index contributed by atoms with van der Waals surface area (Å²) in [5.41, 5.74) is 6.68. The minimum Gasteiger partial charge on any atom is -0.490 e. The highest BCUT2D eigenvalue weighted by Gasteiger charge is 2.23. The van der Waals surface area contributed by atoms with Gasteiger partial charge in [-0.25, -0.2) is 8.78 Å². The standard InChI is InChI=1S/C21H23F2N3O2/c1-14(24)11-21(27)25-16-5-6-20(19(23)13-16)26-9-7-17(8-10-26)28-18-4-2-3-15(22)12-18/h2-6,11-13,17H,7-10,24H2,1H3,(H,25,27)/b14-11-. The first-order valence-electron chi connectivity index (χ1n) is 9.12. The summed E-state index contributed by atoms with van der Waals surface area (Å²) >= 11 is 0. The van der Waals surface area contributed by atoms with Crippen LogP contribution in [0.15, 0.2) is 54.2 Å². The number of benzene rings is 2. The van der Waals surface area contributed by atoms with Crippen molar-refractivity contribution < 1.29 is 18.3 Å². The second-order valence-electron chi connectivity index (χ2n) is 6.81. The molecular weight excluding hydrogens is 364 g/mol. The van der Waals surface area contributed by atoms with Gasteiger partial charge < -0.3 is 20.7 Å². The van der Waals surface area contributed by atoms with Gasteiger partial charge in [-0.3, -0.25) is 4.79 Å². The third-order valence-corrected chi connectivity index (χ3v) is 4.46. The lowest BCUT2D eigenvalue weighted by atomic mass is 10.1. The van der Waals surface area contributed by atoms with Crippen molar-refractivity contribution in [3.8, 4) is 5.75 Å². The van der Waals surface area contributed by atoms with E-state index in [2.05, 4.69) is 5.32 Å². The molecule has 1 fully saturated rings. The molecule has 1 aliphatic heterocycles. The fourth-order valence-corrected chi connectivity index (χ4v) is 3.17. The van der Waals surface area contributed by atoms with Crippen molar-refractivity contribution in [1.82, 2.24) is 0 Å². The number of anilines is 2. The van der Waals surface area contributed by atoms with Crippen LogP contribution in [0.4, 0.5) is 20.2 Å². The molecular formula is C21H23F2N3O2. The highest BCUT2D eigenvalue weighted by atomic mass is 19.1. The number of carbonyl (C=O) groups excluding carboxylic acids is 1. The quantitative estimate of drug-likeness (QED) is 0.766. The van der Waals surface area contributed by atoms with Crippen LogP contribution in [0.2, 0.25) is 0 Å². The van der Waals surface area contributed by atoms with Crippen molar-refractivity contribution >= 4 is 17.3 Å². The molecule has 3 rings (SSSR count). The molecule has 0 atom stereocenters. The predicted octanol–water partition coefficient (Wildman–Crippen LogP) is 3.81. The first-order valence-corrected chi connectivity index (χ1v) is 9.12. The molecule has 1 amide bonds. The van der Waals surface area contributed by atoms with E-state index in [-0.39, 0.29) is 11.9 Å². The Kier molecular flexibility index (Phi) is 6.13. The van der Waals surface area contributed by atoms with E-state index in [1.54, 1.807) is 31.2 Å². The van der Waals surface area contributed by atoms with E-state index in [0.717, 1.165) is 0 Å². The number of piperidine rings is 1. The molecule has 0 aromatic heterocycles. The van der Waals surface area contributed by atoms with E-state index in [9.17, 15) is 13.6 Å². The molecule has 28 heavy (non-hydrogen) atoms. The maximum Gasteiger partial charge on any atom is 0.250 e. The Bertz CT molecular complexity index is 874. The van der Waals surface area contributed by atoms with Crippen LogP contribution < -0.4 is 20.7 Å². The van der Waals surface area contributed by atoms with Gasteiger partial charge >= 0.3 is 0 Å². The van der Waals surface area contributed by atoms with Crippen LogP contribution in [0, 0.1) is 11.6 Å². The van der Waals surface area contributed by atoms with E-state index in [1.807, 2.05) is 4.90 Å². The SMILES string of the molecule is C/C(N)=C/C(=O)Nc1ccc(N2CCC(Oc3cccc(F)c3)CC2)c(F)c1. The number of nitrogens with two attached hydrogens (primary N) is 1. The Labute approximate surface area is 162 Å². The number of amides is 1. The van der Waals surface area contributed by atoms with Crippen LogP contribution in [0.1, 0.15) is 19.8 Å². The highest BCUT2D eigenvalue weighted by molar-refractivity contribution is 5.99. The van der Waals surface area contributed by atoms with Crippen molar-refractivity contribution in [2.24, 2.45) is 5.73 Å². The summed E-state index contributed by atoms with van der Waals surface area (Å²) in [6.45, 7) is 2.85. The second-order valence-corrected chi connectivity index (χ2v) is 6.81. The van der Waals surface area contributed by atoms with E-state index in [4.69, 9.17) is 10.5 Å². The first-order chi connectivity index (χ1) is 13.4. The lowest BCUT2D eigenvalue weighted by molar-refractivity contribution is -0.111. The van der Waals surface area contributed by atoms with Gasteiger partial charge in [-0.1, -0.05) is 6.07 Å². The van der Waals surface area contributed by atoms with Gasteiger partial charge in [0.15, 0.2) is 0 Å². The molecule has 148 valence electrons. The van der Waals surface area contributed by atoms with Crippen molar-refractivity contribution in [3.05, 3.63) is 65.9 Å². The zero-order valence-electron chi connectivity index (χ0n) is 15.6. The molecule has 0 spiro atoms. The molecule has 1 aliphatic rings. The Morgan fingerprint density at radius 1 is 1.21 bits per heavy atom. The molecule has 1 heterocycles. The number of allylic oxidation sites excluding steroid dienone is 1. The van der Waals surface area contributed by atoms with Gasteiger partial charge in [0.25, 0.3) is 0 Å². The topological polar surface area (TPSA) is 67.6 Å². The Morgan fingerprint density at radius 2 is 1.96 bits per heavy atom. The fraction of sp³-hybridized carbons (Fsp3) is 0.286. The minimum absolute atomic E-state index is 0.0361. The number of nitrogens with zero attached hydrogens (tertiary/aromatic N) is 1. The van der Waals surface area contributed by atoms with Crippen LogP contribution >= 0.6 is 0 Å². The number of nitrogens with one attached hydrogen (secondary N) is 1. The molecule has 0 saturated carbocycles. The Hall–Kier alpha value is -3.09. The second kappa shape index (κ2) is 8.73. The highest BCUT2D eigenvalue weighted by Crippen LogP contribution is 2.27. The number of hydrogen-bond donors (Lipinski definition) is 2. The third kappa shape index (κ3) is 5.22. The van der Waals surface area contributed by atoms with E-state index in [1.165, 1.54) is 24.3 Å². The van der Waals surface area contributed by atoms with Crippen LogP contribution in [0.25, 0.3) is 0 Å². The lowest BCUT2D eigenvalue weighted by Gasteiger charge is -2.34. The van der Waals surface area contributed by atoms with E-state index >= 15 is 0 Å². The number of carbonyl (C=O) groups is 1. The van der Waals surface area contributed by atoms with Crippen LogP contribution in [0.5, 0.6) is 5.75 Å². The average Bonchev–Trinajstić information content (AvgIpc) is 2.62. The molecule has 1 saturated heterocycles. The molecule has 3 N–H and O–H groups in total. The first kappa shape index (κ1) is 19.7.